The summed E-state index contributed by atoms with van der Waals surface area (Å²) in [5.74, 6) is 0. The number of fused-ring (bicyclic) bond motifs is 1. The fourth-order valence-corrected chi connectivity index (χ4v) is 5.33. The van der Waals surface area contributed by atoms with E-state index in [1.165, 1.54) is 21.8 Å². The zero-order valence-corrected chi connectivity index (χ0v) is 18.9. The molecule has 168 valence electrons. The molecule has 3 aromatic heterocycles. The van der Waals surface area contributed by atoms with E-state index in [1.54, 1.807) is 26.1 Å². The first-order valence-electron chi connectivity index (χ1n) is 9.89. The number of nitriles is 1. The molecule has 32 heavy (non-hydrogen) atoms. The van der Waals surface area contributed by atoms with E-state index in [1.807, 2.05) is 10.6 Å². The van der Waals surface area contributed by atoms with Crippen LogP contribution in [-0.2, 0) is 6.18 Å². The first kappa shape index (κ1) is 22.9. The van der Waals surface area contributed by atoms with Gasteiger partial charge in [0.25, 0.3) is 0 Å². The predicted octanol–water partition coefficient (Wildman–Crippen LogP) is 5.69. The van der Waals surface area contributed by atoms with Crippen molar-refractivity contribution in [3.63, 3.8) is 0 Å². The lowest BCUT2D eigenvalue weighted by Crippen LogP contribution is -2.32. The lowest BCUT2D eigenvalue weighted by molar-refractivity contribution is -0.137. The van der Waals surface area contributed by atoms with Gasteiger partial charge in [-0.15, -0.1) is 0 Å². The molecule has 4 rings (SSSR count). The summed E-state index contributed by atoms with van der Waals surface area (Å²) < 4.78 is 44.6. The molecule has 1 fully saturated rings. The van der Waals surface area contributed by atoms with E-state index in [2.05, 4.69) is 20.8 Å². The third-order valence-electron chi connectivity index (χ3n) is 5.13. The summed E-state index contributed by atoms with van der Waals surface area (Å²) in [4.78, 5) is 9.42. The van der Waals surface area contributed by atoms with Gasteiger partial charge >= 0.3 is 6.18 Å². The highest BCUT2D eigenvalue weighted by molar-refractivity contribution is 8.76. The molecule has 0 unspecified atom stereocenters. The molecule has 2 N–H and O–H groups in total. The lowest BCUT2D eigenvalue weighted by atomic mass is 9.92. The number of pyridine rings is 2. The standard InChI is InChI=1S/C21H20F3N5OS2/c1-20(2,30)28-32-31-14-6-7-17(26-11-14)18-16(9-25)15-8-12(21(22,23)24)10-27-19(15)29(18)13-4-3-5-13/h6-8,10-11,13,28,30H,3-5H2,1-2H3. The molecule has 0 spiro atoms. The van der Waals surface area contributed by atoms with Crippen molar-refractivity contribution in [1.82, 2.24) is 19.3 Å². The molecule has 0 aromatic carbocycles. The van der Waals surface area contributed by atoms with Crippen LogP contribution in [-0.4, -0.2) is 25.4 Å². The molecule has 6 nitrogen and oxygen atoms in total. The molecule has 0 aliphatic heterocycles. The zero-order chi connectivity index (χ0) is 23.1. The van der Waals surface area contributed by atoms with E-state index < -0.39 is 17.5 Å². The molecule has 0 radical (unpaired) electrons. The Bertz CT molecular complexity index is 1180. The van der Waals surface area contributed by atoms with Gasteiger partial charge in [-0.25, -0.2) is 9.71 Å². The lowest BCUT2D eigenvalue weighted by Gasteiger charge is -2.29. The number of nitrogens with one attached hydrogen (secondary N) is 1. The Hall–Kier alpha value is -2.26. The number of aromatic nitrogens is 3. The maximum Gasteiger partial charge on any atom is 0.417 e. The highest BCUT2D eigenvalue weighted by Gasteiger charge is 2.34. The molecular formula is C21H20F3N5OS2. The van der Waals surface area contributed by atoms with Crippen LogP contribution in [0.15, 0.2) is 35.5 Å². The Morgan fingerprint density at radius 3 is 2.50 bits per heavy atom. The largest absolute Gasteiger partial charge is 0.417 e. The molecule has 0 saturated heterocycles. The van der Waals surface area contributed by atoms with Gasteiger partial charge in [0.15, 0.2) is 0 Å². The highest BCUT2D eigenvalue weighted by atomic mass is 33.1. The number of aliphatic hydroxyl groups is 1. The van der Waals surface area contributed by atoms with Gasteiger partial charge in [-0.1, -0.05) is 0 Å². The molecule has 11 heteroatoms. The minimum absolute atomic E-state index is 0.0706. The Kier molecular flexibility index (Phi) is 6.15. The SMILES string of the molecule is CC(C)(O)NSSc1ccc(-c2c(C#N)c3cc(C(F)(F)F)cnc3n2C2CCC2)nc1. The Morgan fingerprint density at radius 2 is 1.97 bits per heavy atom. The summed E-state index contributed by atoms with van der Waals surface area (Å²) in [6.45, 7) is 3.26. The van der Waals surface area contributed by atoms with Crippen molar-refractivity contribution in [3.05, 3.63) is 41.7 Å². The molecule has 1 aliphatic carbocycles. The molecule has 3 aromatic rings. The van der Waals surface area contributed by atoms with E-state index >= 15 is 0 Å². The maximum atomic E-state index is 13.3. The Labute approximate surface area is 190 Å². The minimum atomic E-state index is -4.54. The van der Waals surface area contributed by atoms with E-state index in [9.17, 15) is 23.5 Å². The van der Waals surface area contributed by atoms with Crippen LogP contribution in [0, 0.1) is 11.3 Å². The second-order valence-electron chi connectivity index (χ2n) is 8.09. The number of hydrogen-bond donors (Lipinski definition) is 2. The third-order valence-corrected chi connectivity index (χ3v) is 7.31. The third kappa shape index (κ3) is 4.59. The summed E-state index contributed by atoms with van der Waals surface area (Å²) in [6.07, 6.45) is 0.675. The van der Waals surface area contributed by atoms with Gasteiger partial charge in [0.05, 0.1) is 22.5 Å². The van der Waals surface area contributed by atoms with Crippen LogP contribution in [0.25, 0.3) is 22.4 Å². The van der Waals surface area contributed by atoms with Crippen LogP contribution in [0.5, 0.6) is 0 Å². The average molecular weight is 480 g/mol. The van der Waals surface area contributed by atoms with E-state index in [4.69, 9.17) is 0 Å². The predicted molar refractivity (Wildman–Crippen MR) is 118 cm³/mol. The summed E-state index contributed by atoms with van der Waals surface area (Å²) in [7, 11) is 2.62. The zero-order valence-electron chi connectivity index (χ0n) is 17.3. The average Bonchev–Trinajstić information content (AvgIpc) is 2.99. The summed E-state index contributed by atoms with van der Waals surface area (Å²) in [5, 5.41) is 19.8. The number of halogens is 3. The molecule has 0 atom stereocenters. The normalized spacial score (nSPS) is 15.0. The van der Waals surface area contributed by atoms with Crippen LogP contribution in [0.4, 0.5) is 13.2 Å². The van der Waals surface area contributed by atoms with Gasteiger partial charge in [-0.3, -0.25) is 4.98 Å². The number of nitrogens with zero attached hydrogens (tertiary/aromatic N) is 4. The summed E-state index contributed by atoms with van der Waals surface area (Å²) in [5.41, 5.74) is -0.382. The van der Waals surface area contributed by atoms with Gasteiger partial charge < -0.3 is 9.67 Å². The fourth-order valence-electron chi connectivity index (χ4n) is 3.45. The molecule has 0 amide bonds. The molecule has 0 bridgehead atoms. The Balaban J connectivity index is 1.76. The monoisotopic (exact) mass is 479 g/mol. The topological polar surface area (TPSA) is 86.8 Å². The van der Waals surface area contributed by atoms with Crippen molar-refractivity contribution in [2.75, 3.05) is 0 Å². The van der Waals surface area contributed by atoms with Crippen molar-refractivity contribution < 1.29 is 18.3 Å². The Morgan fingerprint density at radius 1 is 1.22 bits per heavy atom. The smallest absolute Gasteiger partial charge is 0.376 e. The number of hydrogen-bond acceptors (Lipinski definition) is 7. The summed E-state index contributed by atoms with van der Waals surface area (Å²) >= 11 is 0. The van der Waals surface area contributed by atoms with Gasteiger partial charge in [0, 0.05) is 28.7 Å². The number of alkyl halides is 3. The molecule has 1 saturated carbocycles. The van der Waals surface area contributed by atoms with Crippen LogP contribution in [0.3, 0.4) is 0 Å². The van der Waals surface area contributed by atoms with Crippen LogP contribution < -0.4 is 4.72 Å². The minimum Gasteiger partial charge on any atom is -0.376 e. The first-order valence-corrected chi connectivity index (χ1v) is 12.0. The van der Waals surface area contributed by atoms with Crippen molar-refractivity contribution >= 4 is 32.8 Å². The van der Waals surface area contributed by atoms with Gasteiger partial charge in [-0.05, 0) is 73.1 Å². The molecule has 3 heterocycles. The van der Waals surface area contributed by atoms with Crippen molar-refractivity contribution in [3.8, 4) is 17.5 Å². The number of rotatable bonds is 6. The summed E-state index contributed by atoms with van der Waals surface area (Å²) in [6, 6.07) is 6.74. The maximum absolute atomic E-state index is 13.3. The highest BCUT2D eigenvalue weighted by Crippen LogP contribution is 2.43. The molecular weight excluding hydrogens is 459 g/mol. The van der Waals surface area contributed by atoms with E-state index in [-0.39, 0.29) is 17.0 Å². The van der Waals surface area contributed by atoms with Crippen LogP contribution >= 0.6 is 21.8 Å². The van der Waals surface area contributed by atoms with Gasteiger partial charge in [0.1, 0.15) is 17.4 Å². The van der Waals surface area contributed by atoms with Crippen molar-refractivity contribution in [2.45, 2.75) is 55.9 Å². The van der Waals surface area contributed by atoms with Crippen LogP contribution in [0.2, 0.25) is 0 Å². The second kappa shape index (κ2) is 8.59. The van der Waals surface area contributed by atoms with Crippen molar-refractivity contribution in [1.29, 1.82) is 5.26 Å². The van der Waals surface area contributed by atoms with E-state index in [0.717, 1.165) is 36.4 Å². The van der Waals surface area contributed by atoms with Gasteiger partial charge in [-0.2, -0.15) is 18.4 Å². The van der Waals surface area contributed by atoms with Gasteiger partial charge in [0.2, 0.25) is 0 Å². The fraction of sp³-hybridized carbons (Fsp3) is 0.381. The first-order chi connectivity index (χ1) is 15.1. The molecule has 1 aliphatic rings. The van der Waals surface area contributed by atoms with E-state index in [0.29, 0.717) is 17.0 Å². The van der Waals surface area contributed by atoms with Crippen LogP contribution in [0.1, 0.15) is 50.3 Å². The van der Waals surface area contributed by atoms with Crippen molar-refractivity contribution in [2.24, 2.45) is 0 Å². The quantitative estimate of drug-likeness (QED) is 0.267. The second-order valence-corrected chi connectivity index (χ2v) is 10.1.